The molecule has 3 amide bonds. The second-order valence-electron chi connectivity index (χ2n) is 10.1. The van der Waals surface area contributed by atoms with Gasteiger partial charge in [0.1, 0.15) is 11.9 Å². The normalized spacial score (nSPS) is 28.4. The first-order chi connectivity index (χ1) is 17.8. The number of carbonyl (C=O) groups excluding carboxylic acids is 2. The number of amides is 3. The molecule has 0 spiro atoms. The Morgan fingerprint density at radius 2 is 1.68 bits per heavy atom. The Labute approximate surface area is 213 Å². The quantitative estimate of drug-likeness (QED) is 0.612. The van der Waals surface area contributed by atoms with Crippen LogP contribution in [0.2, 0.25) is 0 Å². The number of aliphatic hydroxyl groups is 1. The summed E-state index contributed by atoms with van der Waals surface area (Å²) in [5.74, 6) is -1.98. The maximum Gasteiger partial charge on any atom is 0.419 e. The van der Waals surface area contributed by atoms with Crippen molar-refractivity contribution in [3.63, 3.8) is 0 Å². The zero-order valence-electron chi connectivity index (χ0n) is 20.3. The van der Waals surface area contributed by atoms with E-state index in [1.807, 2.05) is 12.1 Å². The summed E-state index contributed by atoms with van der Waals surface area (Å²) >= 11 is 0. The number of benzene rings is 2. The van der Waals surface area contributed by atoms with Crippen molar-refractivity contribution in [1.82, 2.24) is 15.1 Å². The molecule has 2 heterocycles. The summed E-state index contributed by atoms with van der Waals surface area (Å²) in [6, 6.07) is 8.26. The molecule has 7 nitrogen and oxygen atoms in total. The van der Waals surface area contributed by atoms with Crippen LogP contribution >= 0.6 is 0 Å². The SMILES string of the molecule is O=C(NC1CCN(C2CCC(c3ccc(F)cc3)CC2)C1)N1C(=O)OC(CO)C1c1ccc(F)c(F)c1. The number of rotatable bonds is 5. The molecular weight excluding hydrogens is 487 g/mol. The lowest BCUT2D eigenvalue weighted by atomic mass is 9.81. The molecule has 198 valence electrons. The maximum absolute atomic E-state index is 13.9. The fourth-order valence-electron chi connectivity index (χ4n) is 5.93. The number of urea groups is 1. The molecule has 1 aliphatic carbocycles. The zero-order valence-corrected chi connectivity index (χ0v) is 20.3. The Hall–Kier alpha value is -3.11. The minimum Gasteiger partial charge on any atom is -0.441 e. The third-order valence-corrected chi connectivity index (χ3v) is 7.86. The topological polar surface area (TPSA) is 82.1 Å². The molecule has 2 aliphatic heterocycles. The lowest BCUT2D eigenvalue weighted by Crippen LogP contribution is -2.48. The number of nitrogens with one attached hydrogen (secondary N) is 1. The van der Waals surface area contributed by atoms with Crippen LogP contribution in [0.1, 0.15) is 55.2 Å². The lowest BCUT2D eigenvalue weighted by Gasteiger charge is -2.35. The van der Waals surface area contributed by atoms with Gasteiger partial charge in [-0.15, -0.1) is 0 Å². The van der Waals surface area contributed by atoms with E-state index in [0.29, 0.717) is 24.9 Å². The van der Waals surface area contributed by atoms with E-state index >= 15 is 0 Å². The molecule has 0 aromatic heterocycles. The first kappa shape index (κ1) is 25.5. The molecule has 0 radical (unpaired) electrons. The minimum atomic E-state index is -1.12. The van der Waals surface area contributed by atoms with E-state index in [-0.39, 0.29) is 17.4 Å². The number of likely N-dealkylation sites (tertiary alicyclic amines) is 1. The summed E-state index contributed by atoms with van der Waals surface area (Å²) in [6.07, 6.45) is 2.74. The summed E-state index contributed by atoms with van der Waals surface area (Å²) in [5, 5.41) is 12.6. The van der Waals surface area contributed by atoms with Gasteiger partial charge >= 0.3 is 12.1 Å². The number of halogens is 3. The Kier molecular flexibility index (Phi) is 7.39. The molecule has 3 atom stereocenters. The van der Waals surface area contributed by atoms with E-state index in [1.54, 1.807) is 0 Å². The number of carbonyl (C=O) groups is 2. The predicted molar refractivity (Wildman–Crippen MR) is 128 cm³/mol. The average molecular weight is 518 g/mol. The van der Waals surface area contributed by atoms with Crippen LogP contribution in [0.3, 0.4) is 0 Å². The zero-order chi connectivity index (χ0) is 26.1. The smallest absolute Gasteiger partial charge is 0.419 e. The Bertz CT molecular complexity index is 1140. The molecule has 3 aliphatic rings. The molecule has 37 heavy (non-hydrogen) atoms. The fraction of sp³-hybridized carbons (Fsp3) is 0.481. The van der Waals surface area contributed by atoms with Crippen molar-refractivity contribution < 1.29 is 32.6 Å². The van der Waals surface area contributed by atoms with Crippen LogP contribution in [0.4, 0.5) is 22.8 Å². The van der Waals surface area contributed by atoms with Crippen molar-refractivity contribution in [3.05, 3.63) is 71.0 Å². The van der Waals surface area contributed by atoms with Gasteiger partial charge in [0.25, 0.3) is 0 Å². The van der Waals surface area contributed by atoms with E-state index in [9.17, 15) is 27.9 Å². The third kappa shape index (κ3) is 5.31. The lowest BCUT2D eigenvalue weighted by molar-refractivity contribution is 0.0827. The van der Waals surface area contributed by atoms with Gasteiger partial charge in [0.05, 0.1) is 6.61 Å². The molecule has 3 unspecified atom stereocenters. The average Bonchev–Trinajstić information content (AvgIpc) is 3.50. The highest BCUT2D eigenvalue weighted by molar-refractivity contribution is 5.93. The molecule has 10 heteroatoms. The molecule has 3 fully saturated rings. The number of imide groups is 1. The van der Waals surface area contributed by atoms with Gasteiger partial charge < -0.3 is 15.2 Å². The highest BCUT2D eigenvalue weighted by Crippen LogP contribution is 2.37. The number of ether oxygens (including phenoxy) is 1. The van der Waals surface area contributed by atoms with Crippen LogP contribution in [0, 0.1) is 17.5 Å². The molecular formula is C27H30F3N3O4. The fourth-order valence-corrected chi connectivity index (χ4v) is 5.93. The summed E-state index contributed by atoms with van der Waals surface area (Å²) in [5.41, 5.74) is 1.32. The van der Waals surface area contributed by atoms with Gasteiger partial charge in [0.15, 0.2) is 17.7 Å². The maximum atomic E-state index is 13.9. The second-order valence-corrected chi connectivity index (χ2v) is 10.1. The molecule has 1 saturated carbocycles. The van der Waals surface area contributed by atoms with Gasteiger partial charge in [0.2, 0.25) is 0 Å². The van der Waals surface area contributed by atoms with Crippen molar-refractivity contribution >= 4 is 12.1 Å². The predicted octanol–water partition coefficient (Wildman–Crippen LogP) is 4.47. The van der Waals surface area contributed by atoms with Crippen molar-refractivity contribution in [2.45, 2.75) is 62.3 Å². The minimum absolute atomic E-state index is 0.157. The van der Waals surface area contributed by atoms with Crippen LogP contribution in [0.5, 0.6) is 0 Å². The van der Waals surface area contributed by atoms with Crippen molar-refractivity contribution in [2.75, 3.05) is 19.7 Å². The van der Waals surface area contributed by atoms with E-state index in [4.69, 9.17) is 4.74 Å². The highest BCUT2D eigenvalue weighted by Gasteiger charge is 2.47. The van der Waals surface area contributed by atoms with Crippen LogP contribution in [0.15, 0.2) is 42.5 Å². The van der Waals surface area contributed by atoms with Crippen LogP contribution in [0.25, 0.3) is 0 Å². The van der Waals surface area contributed by atoms with Gasteiger partial charge in [-0.1, -0.05) is 18.2 Å². The number of cyclic esters (lactones) is 1. The van der Waals surface area contributed by atoms with Crippen molar-refractivity contribution in [1.29, 1.82) is 0 Å². The van der Waals surface area contributed by atoms with E-state index in [2.05, 4.69) is 10.2 Å². The van der Waals surface area contributed by atoms with Gasteiger partial charge in [-0.25, -0.2) is 27.7 Å². The summed E-state index contributed by atoms with van der Waals surface area (Å²) in [6.45, 7) is 0.879. The Balaban J connectivity index is 1.19. The van der Waals surface area contributed by atoms with Gasteiger partial charge in [-0.2, -0.15) is 0 Å². The standard InChI is InChI=1S/C27H30F3N3O4/c28-19-6-1-16(2-7-19)17-3-8-21(9-4-17)32-12-11-20(14-32)31-26(35)33-25(24(15-34)37-27(33)36)18-5-10-22(29)23(30)13-18/h1-2,5-7,10,13,17,20-21,24-25,34H,3-4,8-9,11-12,14-15H2,(H,31,35). The van der Waals surface area contributed by atoms with E-state index < -0.39 is 42.5 Å². The van der Waals surface area contributed by atoms with E-state index in [1.165, 1.54) is 23.8 Å². The molecule has 2 N–H and O–H groups in total. The first-order valence-electron chi connectivity index (χ1n) is 12.7. The number of hydrogen-bond donors (Lipinski definition) is 2. The van der Waals surface area contributed by atoms with Gasteiger partial charge in [-0.05, 0) is 73.4 Å². The number of nitrogens with zero attached hydrogens (tertiary/aromatic N) is 2. The summed E-state index contributed by atoms with van der Waals surface area (Å²) in [4.78, 5) is 28.8. The molecule has 2 aromatic rings. The Morgan fingerprint density at radius 3 is 2.35 bits per heavy atom. The van der Waals surface area contributed by atoms with Crippen LogP contribution < -0.4 is 5.32 Å². The van der Waals surface area contributed by atoms with Crippen molar-refractivity contribution in [3.8, 4) is 0 Å². The van der Waals surface area contributed by atoms with Gasteiger partial charge in [-0.3, -0.25) is 4.90 Å². The number of hydrogen-bond acceptors (Lipinski definition) is 5. The van der Waals surface area contributed by atoms with E-state index in [0.717, 1.165) is 49.3 Å². The molecule has 5 rings (SSSR count). The van der Waals surface area contributed by atoms with Crippen LogP contribution in [-0.2, 0) is 4.74 Å². The highest BCUT2D eigenvalue weighted by atomic mass is 19.2. The third-order valence-electron chi connectivity index (χ3n) is 7.86. The van der Waals surface area contributed by atoms with Gasteiger partial charge in [0, 0.05) is 25.2 Å². The molecule has 0 bridgehead atoms. The molecule has 2 aromatic carbocycles. The van der Waals surface area contributed by atoms with Crippen LogP contribution in [-0.4, -0.2) is 64.9 Å². The largest absolute Gasteiger partial charge is 0.441 e. The number of aliphatic hydroxyl groups excluding tert-OH is 1. The Morgan fingerprint density at radius 1 is 0.973 bits per heavy atom. The first-order valence-corrected chi connectivity index (χ1v) is 12.7. The molecule has 2 saturated heterocycles. The van der Waals surface area contributed by atoms with Crippen molar-refractivity contribution in [2.24, 2.45) is 0 Å². The summed E-state index contributed by atoms with van der Waals surface area (Å²) in [7, 11) is 0. The second kappa shape index (κ2) is 10.7. The monoisotopic (exact) mass is 517 g/mol. The summed E-state index contributed by atoms with van der Waals surface area (Å²) < 4.78 is 45.7.